The van der Waals surface area contributed by atoms with Crippen molar-refractivity contribution in [3.8, 4) is 0 Å². The number of carbonyl (C=O) groups is 1. The fourth-order valence-electron chi connectivity index (χ4n) is 2.57. The first-order valence-corrected chi connectivity index (χ1v) is 9.40. The Morgan fingerprint density at radius 2 is 2.11 bits per heavy atom. The van der Waals surface area contributed by atoms with E-state index in [4.69, 9.17) is 9.47 Å². The maximum Gasteiger partial charge on any atom is 0.246 e. The lowest BCUT2D eigenvalue weighted by Crippen LogP contribution is -2.38. The van der Waals surface area contributed by atoms with E-state index in [2.05, 4.69) is 20.9 Å². The van der Waals surface area contributed by atoms with Crippen molar-refractivity contribution in [1.29, 1.82) is 0 Å². The molecular weight excluding hydrogens is 478 g/mol. The molecule has 0 radical (unpaired) electrons. The maximum atomic E-state index is 12.9. The van der Waals surface area contributed by atoms with E-state index >= 15 is 0 Å². The Morgan fingerprint density at radius 1 is 1.32 bits per heavy atom. The van der Waals surface area contributed by atoms with Gasteiger partial charge >= 0.3 is 0 Å². The monoisotopic (exact) mass is 508 g/mol. The molecule has 1 aromatic rings. The number of ether oxygens (including phenoxy) is 2. The summed E-state index contributed by atoms with van der Waals surface area (Å²) in [5.41, 5.74) is 0.541. The number of anilines is 1. The highest BCUT2D eigenvalue weighted by Gasteiger charge is 2.15. The molecule has 158 valence electrons. The van der Waals surface area contributed by atoms with Crippen molar-refractivity contribution < 1.29 is 18.7 Å². The Balaban J connectivity index is 0.00000392. The molecule has 1 saturated heterocycles. The van der Waals surface area contributed by atoms with Gasteiger partial charge < -0.3 is 25.4 Å². The van der Waals surface area contributed by atoms with E-state index in [1.165, 1.54) is 24.3 Å². The molecule has 1 atom stereocenters. The second kappa shape index (κ2) is 14.5. The first-order chi connectivity index (χ1) is 13.2. The number of hydrogen-bond acceptors (Lipinski definition) is 4. The summed E-state index contributed by atoms with van der Waals surface area (Å²) in [6.45, 7) is 6.40. The Kier molecular flexibility index (Phi) is 12.8. The zero-order valence-electron chi connectivity index (χ0n) is 16.2. The highest BCUT2D eigenvalue weighted by Crippen LogP contribution is 2.12. The molecule has 0 spiro atoms. The number of guanidine groups is 1. The molecular formula is C19H30FIN4O3. The molecule has 1 aliphatic heterocycles. The Hall–Kier alpha value is -1.46. The van der Waals surface area contributed by atoms with E-state index in [1.54, 1.807) is 0 Å². The van der Waals surface area contributed by atoms with Crippen molar-refractivity contribution in [2.45, 2.75) is 19.8 Å². The van der Waals surface area contributed by atoms with Crippen molar-refractivity contribution in [2.24, 2.45) is 10.9 Å². The van der Waals surface area contributed by atoms with E-state index in [0.29, 0.717) is 37.3 Å². The Labute approximate surface area is 182 Å². The van der Waals surface area contributed by atoms with Crippen LogP contribution >= 0.6 is 24.0 Å². The van der Waals surface area contributed by atoms with Gasteiger partial charge in [0.1, 0.15) is 12.4 Å². The summed E-state index contributed by atoms with van der Waals surface area (Å²) >= 11 is 0. The quantitative estimate of drug-likeness (QED) is 0.196. The molecule has 3 N–H and O–H groups in total. The van der Waals surface area contributed by atoms with Gasteiger partial charge in [-0.1, -0.05) is 0 Å². The van der Waals surface area contributed by atoms with Crippen LogP contribution in [0.2, 0.25) is 0 Å². The molecule has 1 amide bonds. The molecule has 7 nitrogen and oxygen atoms in total. The Bertz CT molecular complexity index is 595. The number of carbonyl (C=O) groups excluding carboxylic acids is 1. The number of rotatable bonds is 10. The van der Waals surface area contributed by atoms with E-state index in [1.807, 2.05) is 6.92 Å². The van der Waals surface area contributed by atoms with Crippen LogP contribution in [-0.4, -0.2) is 57.9 Å². The molecule has 1 aromatic carbocycles. The number of hydrogen-bond donors (Lipinski definition) is 3. The number of halogens is 2. The average molecular weight is 508 g/mol. The van der Waals surface area contributed by atoms with Crippen molar-refractivity contribution in [1.82, 2.24) is 10.6 Å². The number of amides is 1. The third-order valence-electron chi connectivity index (χ3n) is 3.99. The lowest BCUT2D eigenvalue weighted by molar-refractivity contribution is -0.114. The minimum absolute atomic E-state index is 0. The molecule has 0 bridgehead atoms. The van der Waals surface area contributed by atoms with Gasteiger partial charge in [0.2, 0.25) is 5.91 Å². The fraction of sp³-hybridized carbons (Fsp3) is 0.579. The van der Waals surface area contributed by atoms with Crippen LogP contribution in [0.25, 0.3) is 0 Å². The van der Waals surface area contributed by atoms with Crippen LogP contribution in [0.5, 0.6) is 0 Å². The Morgan fingerprint density at radius 3 is 2.79 bits per heavy atom. The van der Waals surface area contributed by atoms with Crippen molar-refractivity contribution >= 4 is 41.5 Å². The van der Waals surface area contributed by atoms with Gasteiger partial charge in [0.25, 0.3) is 0 Å². The number of nitrogens with zero attached hydrogens (tertiary/aromatic N) is 1. The first kappa shape index (κ1) is 24.6. The van der Waals surface area contributed by atoms with E-state index in [0.717, 1.165) is 32.7 Å². The molecule has 1 aliphatic rings. The first-order valence-electron chi connectivity index (χ1n) is 9.40. The summed E-state index contributed by atoms with van der Waals surface area (Å²) in [6.07, 6.45) is 1.93. The lowest BCUT2D eigenvalue weighted by Gasteiger charge is -2.12. The van der Waals surface area contributed by atoms with Crippen LogP contribution in [0.15, 0.2) is 29.3 Å². The van der Waals surface area contributed by atoms with E-state index in [9.17, 15) is 9.18 Å². The zero-order valence-corrected chi connectivity index (χ0v) is 18.5. The van der Waals surface area contributed by atoms with Gasteiger partial charge in [-0.15, -0.1) is 24.0 Å². The summed E-state index contributed by atoms with van der Waals surface area (Å²) in [4.78, 5) is 16.2. The number of nitrogens with one attached hydrogen (secondary N) is 3. The van der Waals surface area contributed by atoms with Crippen LogP contribution in [0.1, 0.15) is 19.8 Å². The normalized spacial score (nSPS) is 16.4. The molecule has 0 aromatic heterocycles. The maximum absolute atomic E-state index is 12.9. The minimum atomic E-state index is -0.342. The van der Waals surface area contributed by atoms with Crippen molar-refractivity contribution in [2.75, 3.05) is 51.4 Å². The van der Waals surface area contributed by atoms with Crippen LogP contribution in [0.4, 0.5) is 10.1 Å². The van der Waals surface area contributed by atoms with Gasteiger partial charge in [0, 0.05) is 37.9 Å². The van der Waals surface area contributed by atoms with Crippen LogP contribution in [0, 0.1) is 11.7 Å². The zero-order chi connectivity index (χ0) is 19.3. The topological polar surface area (TPSA) is 84.0 Å². The molecule has 1 heterocycles. The predicted molar refractivity (Wildman–Crippen MR) is 119 cm³/mol. The van der Waals surface area contributed by atoms with Crippen molar-refractivity contribution in [3.63, 3.8) is 0 Å². The number of aliphatic imine (C=N–C) groups is 1. The highest BCUT2D eigenvalue weighted by molar-refractivity contribution is 14.0. The highest BCUT2D eigenvalue weighted by atomic mass is 127. The summed E-state index contributed by atoms with van der Waals surface area (Å²) < 4.78 is 23.8. The predicted octanol–water partition coefficient (Wildman–Crippen LogP) is 2.38. The summed E-state index contributed by atoms with van der Waals surface area (Å²) in [7, 11) is 0. The molecule has 1 fully saturated rings. The van der Waals surface area contributed by atoms with Crippen molar-refractivity contribution in [3.05, 3.63) is 30.1 Å². The molecule has 1 unspecified atom stereocenters. The third-order valence-corrected chi connectivity index (χ3v) is 3.99. The molecule has 0 saturated carbocycles. The van der Waals surface area contributed by atoms with E-state index < -0.39 is 0 Å². The summed E-state index contributed by atoms with van der Waals surface area (Å²) in [5.74, 6) is 0.499. The summed E-state index contributed by atoms with van der Waals surface area (Å²) in [6, 6.07) is 5.62. The molecule has 9 heteroatoms. The van der Waals surface area contributed by atoms with Crippen LogP contribution in [0.3, 0.4) is 0 Å². The third kappa shape index (κ3) is 10.2. The van der Waals surface area contributed by atoms with Crippen LogP contribution < -0.4 is 16.0 Å². The van der Waals surface area contributed by atoms with E-state index in [-0.39, 0.29) is 42.2 Å². The van der Waals surface area contributed by atoms with Crippen LogP contribution in [-0.2, 0) is 14.3 Å². The molecule has 2 rings (SSSR count). The molecule has 0 aliphatic carbocycles. The smallest absolute Gasteiger partial charge is 0.246 e. The standard InChI is InChI=1S/C19H29FN4O3.HI/c1-2-21-19(22-9-3-10-26-13-15-8-11-27-14-15)23-12-18(25)24-17-6-4-16(20)5-7-17;/h4-7,15H,2-3,8-14H2,1H3,(H,24,25)(H2,21,22,23);1H. The van der Waals surface area contributed by atoms with Gasteiger partial charge in [-0.3, -0.25) is 4.79 Å². The van der Waals surface area contributed by atoms with Gasteiger partial charge in [0.15, 0.2) is 5.96 Å². The summed E-state index contributed by atoms with van der Waals surface area (Å²) in [5, 5.41) is 8.96. The lowest BCUT2D eigenvalue weighted by atomic mass is 10.1. The van der Waals surface area contributed by atoms with Gasteiger partial charge in [-0.25, -0.2) is 9.38 Å². The second-order valence-electron chi connectivity index (χ2n) is 6.34. The second-order valence-corrected chi connectivity index (χ2v) is 6.34. The molecule has 28 heavy (non-hydrogen) atoms. The SMILES string of the molecule is CCNC(=NCC(=O)Nc1ccc(F)cc1)NCCCOCC1CCOC1.I. The van der Waals surface area contributed by atoms with Gasteiger partial charge in [-0.05, 0) is 44.0 Å². The number of benzene rings is 1. The van der Waals surface area contributed by atoms with Gasteiger partial charge in [-0.2, -0.15) is 0 Å². The average Bonchev–Trinajstić information content (AvgIpc) is 3.18. The van der Waals surface area contributed by atoms with Gasteiger partial charge in [0.05, 0.1) is 13.2 Å². The fourth-order valence-corrected chi connectivity index (χ4v) is 2.57. The minimum Gasteiger partial charge on any atom is -0.381 e. The largest absolute Gasteiger partial charge is 0.381 e.